The van der Waals surface area contributed by atoms with E-state index >= 15 is 0 Å². The molecule has 154 valence electrons. The maximum absolute atomic E-state index is 14.4. The lowest BCUT2D eigenvalue weighted by Crippen LogP contribution is -2.42. The van der Waals surface area contributed by atoms with Crippen molar-refractivity contribution in [1.82, 2.24) is 24.3 Å². The van der Waals surface area contributed by atoms with Gasteiger partial charge in [0.05, 0.1) is 17.5 Å². The highest BCUT2D eigenvalue weighted by atomic mass is 32.2. The van der Waals surface area contributed by atoms with Gasteiger partial charge in [-0.1, -0.05) is 0 Å². The number of aromatic nitrogens is 4. The predicted octanol–water partition coefficient (Wildman–Crippen LogP) is 1.48. The van der Waals surface area contributed by atoms with E-state index in [4.69, 9.17) is 5.73 Å². The lowest BCUT2D eigenvalue weighted by Gasteiger charge is -2.33. The molecule has 1 fully saturated rings. The molecule has 11 heteroatoms. The van der Waals surface area contributed by atoms with Gasteiger partial charge in [-0.3, -0.25) is 0 Å². The molecule has 1 aliphatic carbocycles. The molecule has 2 aromatic heterocycles. The number of imidazole rings is 1. The average molecular weight is 420 g/mol. The Kier molecular flexibility index (Phi) is 4.75. The average Bonchev–Trinajstić information content (AvgIpc) is 3.09. The van der Waals surface area contributed by atoms with Gasteiger partial charge in [0.15, 0.2) is 11.5 Å². The molecule has 0 aliphatic heterocycles. The van der Waals surface area contributed by atoms with Crippen LogP contribution < -0.4 is 10.5 Å². The predicted molar refractivity (Wildman–Crippen MR) is 104 cm³/mol. The number of hydrogen-bond acceptors (Lipinski definition) is 7. The van der Waals surface area contributed by atoms with Crippen molar-refractivity contribution in [2.75, 3.05) is 5.73 Å². The van der Waals surface area contributed by atoms with E-state index in [-0.39, 0.29) is 11.9 Å². The van der Waals surface area contributed by atoms with Crippen LogP contribution in [-0.2, 0) is 10.0 Å². The molecule has 4 rings (SSSR count). The summed E-state index contributed by atoms with van der Waals surface area (Å²) in [5.74, 6) is -0.678. The Hall–Kier alpha value is -2.63. The van der Waals surface area contributed by atoms with Crippen molar-refractivity contribution in [3.8, 4) is 11.3 Å². The van der Waals surface area contributed by atoms with Crippen molar-refractivity contribution in [1.29, 1.82) is 0 Å². The van der Waals surface area contributed by atoms with E-state index in [1.165, 1.54) is 29.2 Å². The summed E-state index contributed by atoms with van der Waals surface area (Å²) in [6, 6.07) is 3.44. The summed E-state index contributed by atoms with van der Waals surface area (Å²) in [5, 5.41) is 14.1. The molecular weight excluding hydrogens is 399 g/mol. The molecule has 0 bridgehead atoms. The van der Waals surface area contributed by atoms with E-state index in [2.05, 4.69) is 19.8 Å². The van der Waals surface area contributed by atoms with Gasteiger partial charge in [-0.2, -0.15) is 5.10 Å². The van der Waals surface area contributed by atoms with Crippen molar-refractivity contribution in [2.45, 2.75) is 49.1 Å². The lowest BCUT2D eigenvalue weighted by atomic mass is 9.84. The number of rotatable bonds is 4. The van der Waals surface area contributed by atoms with Crippen LogP contribution in [0.3, 0.4) is 0 Å². The molecule has 1 aromatic carbocycles. The Morgan fingerprint density at radius 2 is 2.03 bits per heavy atom. The zero-order valence-electron chi connectivity index (χ0n) is 15.7. The first-order chi connectivity index (χ1) is 13.7. The normalized spacial score (nSPS) is 22.8. The molecule has 0 radical (unpaired) electrons. The number of nitrogens with one attached hydrogen (secondary N) is 1. The number of sulfonamides is 1. The maximum atomic E-state index is 14.4. The number of fused-ring (bicyclic) bond motifs is 1. The summed E-state index contributed by atoms with van der Waals surface area (Å²) >= 11 is 0. The number of aliphatic hydroxyl groups is 1. The van der Waals surface area contributed by atoms with Crippen LogP contribution in [0.5, 0.6) is 0 Å². The minimum absolute atomic E-state index is 0.177. The first-order valence-electron chi connectivity index (χ1n) is 9.15. The Morgan fingerprint density at radius 3 is 2.76 bits per heavy atom. The maximum Gasteiger partial charge on any atom is 0.243 e. The summed E-state index contributed by atoms with van der Waals surface area (Å²) in [6.07, 6.45) is 4.65. The number of anilines is 1. The van der Waals surface area contributed by atoms with Crippen LogP contribution in [0.2, 0.25) is 0 Å². The first kappa shape index (κ1) is 19.7. The molecule has 0 atom stereocenters. The first-order valence-corrected chi connectivity index (χ1v) is 10.6. The molecule has 0 saturated heterocycles. The standard InChI is InChI=1S/C18H21FN6O3S/c1-18(26)6-4-12(5-7-18)24-29(27,28)15-8-11(2-3-13(15)19)14-9-21-17-16(20)22-10-23-25(14)17/h2-3,8-10,12,24,26H,4-7H2,1H3,(H2,20,22,23)/t12-,18+. The number of halogens is 1. The summed E-state index contributed by atoms with van der Waals surface area (Å²) in [6.45, 7) is 1.73. The minimum Gasteiger partial charge on any atom is -0.390 e. The van der Waals surface area contributed by atoms with E-state index < -0.39 is 26.3 Å². The highest BCUT2D eigenvalue weighted by Gasteiger charge is 2.32. The molecule has 29 heavy (non-hydrogen) atoms. The Morgan fingerprint density at radius 1 is 1.31 bits per heavy atom. The number of hydrogen-bond donors (Lipinski definition) is 3. The second-order valence-electron chi connectivity index (χ2n) is 7.56. The molecule has 1 saturated carbocycles. The molecule has 4 N–H and O–H groups in total. The van der Waals surface area contributed by atoms with Gasteiger partial charge in [-0.25, -0.2) is 32.0 Å². The second kappa shape index (κ2) is 7.01. The summed E-state index contributed by atoms with van der Waals surface area (Å²) in [5.41, 5.74) is 6.18. The molecule has 1 aliphatic rings. The fourth-order valence-electron chi connectivity index (χ4n) is 3.54. The van der Waals surface area contributed by atoms with E-state index in [9.17, 15) is 17.9 Å². The molecule has 0 amide bonds. The number of benzene rings is 1. The highest BCUT2D eigenvalue weighted by Crippen LogP contribution is 2.30. The van der Waals surface area contributed by atoms with Crippen LogP contribution in [0, 0.1) is 5.82 Å². The van der Waals surface area contributed by atoms with Crippen LogP contribution in [0.1, 0.15) is 32.6 Å². The van der Waals surface area contributed by atoms with Crippen molar-refractivity contribution < 1.29 is 17.9 Å². The molecule has 0 unspecified atom stereocenters. The Labute approximate surface area is 166 Å². The van der Waals surface area contributed by atoms with Gasteiger partial charge in [-0.05, 0) is 50.8 Å². The molecule has 3 aromatic rings. The zero-order valence-corrected chi connectivity index (χ0v) is 16.5. The fraction of sp³-hybridized carbons (Fsp3) is 0.389. The fourth-order valence-corrected chi connectivity index (χ4v) is 4.95. The summed E-state index contributed by atoms with van der Waals surface area (Å²) in [7, 11) is -4.10. The molecule has 0 spiro atoms. The van der Waals surface area contributed by atoms with Gasteiger partial charge in [0, 0.05) is 11.6 Å². The van der Waals surface area contributed by atoms with Crippen molar-refractivity contribution in [2.24, 2.45) is 0 Å². The van der Waals surface area contributed by atoms with E-state index in [1.54, 1.807) is 6.92 Å². The van der Waals surface area contributed by atoms with Crippen LogP contribution in [-0.4, -0.2) is 44.7 Å². The SMILES string of the molecule is C[C@]1(O)CC[C@@H](NS(=O)(=O)c2cc(-c3cnc4c(N)ncnn34)ccc2F)CC1. The van der Waals surface area contributed by atoms with Gasteiger partial charge in [0.2, 0.25) is 10.0 Å². The van der Waals surface area contributed by atoms with E-state index in [1.807, 2.05) is 0 Å². The number of nitrogens with zero attached hydrogens (tertiary/aromatic N) is 4. The van der Waals surface area contributed by atoms with Gasteiger partial charge >= 0.3 is 0 Å². The minimum atomic E-state index is -4.10. The van der Waals surface area contributed by atoms with Crippen molar-refractivity contribution in [3.05, 3.63) is 36.5 Å². The van der Waals surface area contributed by atoms with Crippen molar-refractivity contribution >= 4 is 21.5 Å². The highest BCUT2D eigenvalue weighted by molar-refractivity contribution is 7.89. The monoisotopic (exact) mass is 420 g/mol. The topological polar surface area (TPSA) is 136 Å². The number of nitrogen functional groups attached to an aromatic ring is 1. The van der Waals surface area contributed by atoms with Crippen LogP contribution in [0.4, 0.5) is 10.2 Å². The Balaban J connectivity index is 1.67. The second-order valence-corrected chi connectivity index (χ2v) is 9.24. The van der Waals surface area contributed by atoms with Gasteiger partial charge < -0.3 is 10.8 Å². The number of nitrogens with two attached hydrogens (primary N) is 1. The summed E-state index contributed by atoms with van der Waals surface area (Å²) in [4.78, 5) is 7.55. The smallest absolute Gasteiger partial charge is 0.243 e. The third kappa shape index (κ3) is 3.80. The largest absolute Gasteiger partial charge is 0.390 e. The Bertz CT molecular complexity index is 1170. The van der Waals surface area contributed by atoms with Gasteiger partial charge in [0.25, 0.3) is 0 Å². The quantitative estimate of drug-likeness (QED) is 0.582. The molecular formula is C18H21FN6O3S. The summed E-state index contributed by atoms with van der Waals surface area (Å²) < 4.78 is 44.1. The van der Waals surface area contributed by atoms with Gasteiger partial charge in [-0.15, -0.1) is 0 Å². The zero-order chi connectivity index (χ0) is 20.8. The molecule has 2 heterocycles. The van der Waals surface area contributed by atoms with Gasteiger partial charge in [0.1, 0.15) is 17.0 Å². The van der Waals surface area contributed by atoms with E-state index in [0.29, 0.717) is 42.6 Å². The van der Waals surface area contributed by atoms with Crippen LogP contribution >= 0.6 is 0 Å². The molecule has 9 nitrogen and oxygen atoms in total. The third-order valence-corrected chi connectivity index (χ3v) is 6.77. The van der Waals surface area contributed by atoms with E-state index in [0.717, 1.165) is 6.07 Å². The third-order valence-electron chi connectivity index (χ3n) is 5.23. The lowest BCUT2D eigenvalue weighted by molar-refractivity contribution is 0.0163. The van der Waals surface area contributed by atoms with Crippen LogP contribution in [0.15, 0.2) is 35.6 Å². The van der Waals surface area contributed by atoms with Crippen molar-refractivity contribution in [3.63, 3.8) is 0 Å². The van der Waals surface area contributed by atoms with Crippen LogP contribution in [0.25, 0.3) is 16.9 Å².